The normalized spacial score (nSPS) is 16.7. The number of hydrogen-bond donors (Lipinski definition) is 1. The zero-order valence-electron chi connectivity index (χ0n) is 15.3. The molecular weight excluding hydrogens is 403 g/mol. The van der Waals surface area contributed by atoms with Crippen molar-refractivity contribution in [2.75, 3.05) is 11.9 Å². The molecule has 0 spiro atoms. The molecule has 2 amide bonds. The second kappa shape index (κ2) is 8.75. The van der Waals surface area contributed by atoms with Crippen LogP contribution < -0.4 is 10.9 Å². The largest absolute Gasteiger partial charge is 0.329 e. The van der Waals surface area contributed by atoms with Crippen LogP contribution in [-0.4, -0.2) is 39.1 Å². The summed E-state index contributed by atoms with van der Waals surface area (Å²) in [6.45, 7) is 1.99. The smallest absolute Gasteiger partial charge is 0.267 e. The molecule has 0 saturated carbocycles. The number of piperidine rings is 1. The molecule has 28 heavy (non-hydrogen) atoms. The molecule has 2 heterocycles. The first-order valence-electron chi connectivity index (χ1n) is 8.95. The number of benzene rings is 1. The minimum atomic E-state index is -0.631. The zero-order chi connectivity index (χ0) is 20.3. The van der Waals surface area contributed by atoms with E-state index in [2.05, 4.69) is 10.4 Å². The molecule has 7 nitrogen and oxygen atoms in total. The molecule has 1 unspecified atom stereocenters. The lowest BCUT2D eigenvalue weighted by molar-refractivity contribution is -0.141. The average Bonchev–Trinajstić information content (AvgIpc) is 2.67. The number of nitrogens with one attached hydrogen (secondary N) is 1. The van der Waals surface area contributed by atoms with Crippen LogP contribution in [0.3, 0.4) is 0 Å². The van der Waals surface area contributed by atoms with Gasteiger partial charge in [-0.2, -0.15) is 5.10 Å². The van der Waals surface area contributed by atoms with Crippen molar-refractivity contribution in [2.24, 2.45) is 0 Å². The Hall–Kier alpha value is -2.38. The van der Waals surface area contributed by atoms with E-state index < -0.39 is 6.04 Å². The van der Waals surface area contributed by atoms with Crippen molar-refractivity contribution in [1.29, 1.82) is 0 Å². The molecule has 1 aromatic carbocycles. The Bertz CT molecular complexity index is 960. The second-order valence-electron chi connectivity index (χ2n) is 6.68. The Morgan fingerprint density at radius 2 is 2.00 bits per heavy atom. The number of anilines is 1. The van der Waals surface area contributed by atoms with E-state index in [1.807, 2.05) is 0 Å². The highest BCUT2D eigenvalue weighted by atomic mass is 35.5. The van der Waals surface area contributed by atoms with Gasteiger partial charge in [0, 0.05) is 17.6 Å². The molecule has 1 atom stereocenters. The van der Waals surface area contributed by atoms with Crippen LogP contribution in [-0.2, 0) is 16.1 Å². The van der Waals surface area contributed by atoms with Crippen molar-refractivity contribution >= 4 is 40.7 Å². The van der Waals surface area contributed by atoms with Gasteiger partial charge in [0.15, 0.2) is 0 Å². The van der Waals surface area contributed by atoms with Gasteiger partial charge in [-0.25, -0.2) is 4.68 Å². The van der Waals surface area contributed by atoms with Gasteiger partial charge in [0.2, 0.25) is 11.8 Å². The number of aromatic nitrogens is 2. The van der Waals surface area contributed by atoms with E-state index >= 15 is 0 Å². The van der Waals surface area contributed by atoms with E-state index in [1.165, 1.54) is 11.0 Å². The number of carbonyl (C=O) groups is 2. The van der Waals surface area contributed by atoms with Crippen LogP contribution in [0.25, 0.3) is 0 Å². The molecule has 1 saturated heterocycles. The number of halogens is 2. The van der Waals surface area contributed by atoms with Crippen molar-refractivity contribution in [1.82, 2.24) is 14.7 Å². The first kappa shape index (κ1) is 20.4. The van der Waals surface area contributed by atoms with Gasteiger partial charge in [0.25, 0.3) is 5.56 Å². The summed E-state index contributed by atoms with van der Waals surface area (Å²) in [4.78, 5) is 39.1. The summed E-state index contributed by atoms with van der Waals surface area (Å²) in [6, 6.07) is 7.12. The quantitative estimate of drug-likeness (QED) is 0.820. The second-order valence-corrected chi connectivity index (χ2v) is 7.53. The van der Waals surface area contributed by atoms with Crippen LogP contribution in [0.15, 0.2) is 35.1 Å². The Kier molecular flexibility index (Phi) is 6.36. The molecule has 1 aliphatic rings. The van der Waals surface area contributed by atoms with Crippen LogP contribution in [0.1, 0.15) is 25.0 Å². The maximum absolute atomic E-state index is 12.8. The van der Waals surface area contributed by atoms with E-state index in [4.69, 9.17) is 23.2 Å². The van der Waals surface area contributed by atoms with Gasteiger partial charge in [-0.3, -0.25) is 14.4 Å². The minimum absolute atomic E-state index is 0.202. The fourth-order valence-electron chi connectivity index (χ4n) is 3.19. The van der Waals surface area contributed by atoms with Gasteiger partial charge < -0.3 is 10.2 Å². The molecule has 1 aromatic heterocycles. The van der Waals surface area contributed by atoms with Crippen molar-refractivity contribution in [3.8, 4) is 0 Å². The highest BCUT2D eigenvalue weighted by Crippen LogP contribution is 2.27. The molecule has 1 N–H and O–H groups in total. The van der Waals surface area contributed by atoms with Crippen LogP contribution in [0.5, 0.6) is 0 Å². The molecule has 0 radical (unpaired) electrons. The lowest BCUT2D eigenvalue weighted by Gasteiger charge is -2.34. The van der Waals surface area contributed by atoms with E-state index in [1.54, 1.807) is 31.2 Å². The molecular formula is C19H20Cl2N4O3. The van der Waals surface area contributed by atoms with E-state index in [0.29, 0.717) is 34.4 Å². The topological polar surface area (TPSA) is 84.3 Å². The zero-order valence-corrected chi connectivity index (χ0v) is 16.8. The van der Waals surface area contributed by atoms with Crippen molar-refractivity contribution in [2.45, 2.75) is 38.8 Å². The lowest BCUT2D eigenvalue weighted by atomic mass is 10.0. The van der Waals surface area contributed by atoms with Gasteiger partial charge in [-0.1, -0.05) is 23.2 Å². The molecule has 0 bridgehead atoms. The molecule has 148 valence electrons. The summed E-state index contributed by atoms with van der Waals surface area (Å²) in [5.41, 5.74) is 0.716. The average molecular weight is 423 g/mol. The monoisotopic (exact) mass is 422 g/mol. The summed E-state index contributed by atoms with van der Waals surface area (Å²) in [6.07, 6.45) is 2.17. The summed E-state index contributed by atoms with van der Waals surface area (Å²) >= 11 is 12.0. The fraction of sp³-hybridized carbons (Fsp3) is 0.368. The van der Waals surface area contributed by atoms with Crippen molar-refractivity contribution in [3.63, 3.8) is 0 Å². The lowest BCUT2D eigenvalue weighted by Crippen LogP contribution is -2.51. The van der Waals surface area contributed by atoms with Crippen LogP contribution >= 0.6 is 23.2 Å². The maximum atomic E-state index is 12.8. The fourth-order valence-corrected chi connectivity index (χ4v) is 3.65. The van der Waals surface area contributed by atoms with Gasteiger partial charge in [-0.05, 0) is 50.5 Å². The van der Waals surface area contributed by atoms with E-state index in [-0.39, 0.29) is 23.9 Å². The number of likely N-dealkylation sites (tertiary alicyclic amines) is 1. The Morgan fingerprint density at radius 1 is 1.21 bits per heavy atom. The first-order chi connectivity index (χ1) is 13.3. The third-order valence-corrected chi connectivity index (χ3v) is 5.15. The number of aryl methyl sites for hydroxylation is 1. The Labute approximate surface area is 172 Å². The van der Waals surface area contributed by atoms with Crippen LogP contribution in [0.2, 0.25) is 10.0 Å². The van der Waals surface area contributed by atoms with Gasteiger partial charge >= 0.3 is 0 Å². The third kappa shape index (κ3) is 4.72. The standard InChI is InChI=1S/C19H20Cl2N4O3/c1-12-5-8-17(26)25(23-12)11-18(27)24-9-3-2-4-16(24)19(28)22-15-7-6-13(20)10-14(15)21/h5-8,10,16H,2-4,9,11H2,1H3,(H,22,28). The Balaban J connectivity index is 1.75. The first-order valence-corrected chi connectivity index (χ1v) is 9.71. The summed E-state index contributed by atoms with van der Waals surface area (Å²) in [5, 5.41) is 7.65. The van der Waals surface area contributed by atoms with E-state index in [0.717, 1.165) is 17.5 Å². The number of nitrogens with zero attached hydrogens (tertiary/aromatic N) is 3. The number of amides is 2. The summed E-state index contributed by atoms with van der Waals surface area (Å²) < 4.78 is 1.12. The van der Waals surface area contributed by atoms with Gasteiger partial charge in [0.1, 0.15) is 12.6 Å². The predicted molar refractivity (Wildman–Crippen MR) is 108 cm³/mol. The number of hydrogen-bond acceptors (Lipinski definition) is 4. The summed E-state index contributed by atoms with van der Waals surface area (Å²) in [7, 11) is 0. The predicted octanol–water partition coefficient (Wildman–Crippen LogP) is 2.88. The Morgan fingerprint density at radius 3 is 2.75 bits per heavy atom. The molecule has 3 rings (SSSR count). The maximum Gasteiger partial charge on any atom is 0.267 e. The van der Waals surface area contributed by atoms with Crippen LogP contribution in [0.4, 0.5) is 5.69 Å². The molecule has 9 heteroatoms. The molecule has 1 aliphatic heterocycles. The van der Waals surface area contributed by atoms with Gasteiger partial charge in [-0.15, -0.1) is 0 Å². The minimum Gasteiger partial charge on any atom is -0.329 e. The molecule has 2 aromatic rings. The molecule has 0 aliphatic carbocycles. The third-order valence-electron chi connectivity index (χ3n) is 4.60. The number of rotatable bonds is 4. The highest BCUT2D eigenvalue weighted by molar-refractivity contribution is 6.36. The molecule has 1 fully saturated rings. The summed E-state index contributed by atoms with van der Waals surface area (Å²) in [5.74, 6) is -0.635. The van der Waals surface area contributed by atoms with E-state index in [9.17, 15) is 14.4 Å². The van der Waals surface area contributed by atoms with Crippen LogP contribution in [0, 0.1) is 6.92 Å². The highest BCUT2D eigenvalue weighted by Gasteiger charge is 2.32. The number of carbonyl (C=O) groups excluding carboxylic acids is 2. The van der Waals surface area contributed by atoms with Crippen molar-refractivity contribution in [3.05, 3.63) is 56.4 Å². The van der Waals surface area contributed by atoms with Gasteiger partial charge in [0.05, 0.1) is 16.4 Å². The SMILES string of the molecule is Cc1ccc(=O)n(CC(=O)N2CCCCC2C(=O)Nc2ccc(Cl)cc2Cl)n1. The van der Waals surface area contributed by atoms with Crippen molar-refractivity contribution < 1.29 is 9.59 Å².